The van der Waals surface area contributed by atoms with Crippen LogP contribution in [0.3, 0.4) is 0 Å². The van der Waals surface area contributed by atoms with Gasteiger partial charge in [-0.05, 0) is 42.4 Å². The number of nitrogens with two attached hydrogens (primary N) is 4. The number of carbonyl (C=O) groups excluding carboxylic acids is 11. The van der Waals surface area contributed by atoms with Gasteiger partial charge in [0.15, 0.2) is 0 Å². The molecule has 26 heteroatoms. The molecule has 0 bridgehead atoms. The number of carbonyl (C=O) groups is 11. The van der Waals surface area contributed by atoms with Gasteiger partial charge in [0.25, 0.3) is 0 Å². The third-order valence-electron chi connectivity index (χ3n) is 10.9. The molecular formula is C41H62N12O12S2. The van der Waals surface area contributed by atoms with Crippen molar-refractivity contribution in [2.45, 2.75) is 115 Å². The summed E-state index contributed by atoms with van der Waals surface area (Å²) in [6, 6.07) is -5.41. The van der Waals surface area contributed by atoms with Gasteiger partial charge in [-0.25, -0.2) is 0 Å². The van der Waals surface area contributed by atoms with Gasteiger partial charge in [0.05, 0.1) is 25.4 Å². The summed E-state index contributed by atoms with van der Waals surface area (Å²) in [5, 5.41) is 27.3. The molecule has 2 heterocycles. The van der Waals surface area contributed by atoms with Crippen molar-refractivity contribution < 1.29 is 57.8 Å². The lowest BCUT2D eigenvalue weighted by Crippen LogP contribution is -2.62. The molecule has 0 spiro atoms. The van der Waals surface area contributed by atoms with Crippen LogP contribution in [-0.2, 0) is 59.2 Å². The van der Waals surface area contributed by atoms with Crippen molar-refractivity contribution in [2.24, 2.45) is 34.8 Å². The van der Waals surface area contributed by atoms with Crippen molar-refractivity contribution in [1.29, 1.82) is 0 Å². The van der Waals surface area contributed by atoms with Crippen LogP contribution in [0.5, 0.6) is 5.75 Å². The second-order valence-corrected chi connectivity index (χ2v) is 19.2. The summed E-state index contributed by atoms with van der Waals surface area (Å²) in [7, 11) is 2.02. The van der Waals surface area contributed by atoms with Gasteiger partial charge >= 0.3 is 0 Å². The molecular weight excluding hydrogens is 917 g/mol. The second-order valence-electron chi connectivity index (χ2n) is 16.6. The van der Waals surface area contributed by atoms with Gasteiger partial charge < -0.3 is 70.2 Å². The zero-order chi connectivity index (χ0) is 50.1. The standard InChI is InChI=1S/C41H62N12O12S2/c1-5-20(4)33-40(64)49-26(15-30(44)56)35(59)48-25(14-29(43)55)36(60)50-27(41(65)53-12-6-7-28(53)38(62)51-32(19(2)3)39(63)46-16-31(45)57)18-67-66-17-23(42)34(58)47-24(37(61)52-33)13-21-8-10-22(54)11-9-21/h8-11,19-20,23-28,32-33,54H,5-7,12-18,42H2,1-4H3,(H2,43,55)(H2,44,56)(H2,45,57)(H,46,63)(H,47,58)(H,48,59)(H,49,64)(H,50,60)(H,51,62)(H,52,61)/t20-,23-,24-,25-,26?,27-,28-,32-,33-/m0/s1. The van der Waals surface area contributed by atoms with Crippen LogP contribution >= 0.6 is 21.6 Å². The molecule has 0 aromatic heterocycles. The Morgan fingerprint density at radius 2 is 1.31 bits per heavy atom. The number of likely N-dealkylation sites (tertiary alicyclic amines) is 1. The first kappa shape index (κ1) is 55.2. The fraction of sp³-hybridized carbons (Fsp3) is 0.585. The van der Waals surface area contributed by atoms with Crippen LogP contribution in [0, 0.1) is 11.8 Å². The molecule has 2 aliphatic rings. The van der Waals surface area contributed by atoms with Gasteiger partial charge in [-0.15, -0.1) is 0 Å². The number of nitrogens with one attached hydrogen (secondary N) is 7. The normalized spacial score (nSPS) is 24.7. The van der Waals surface area contributed by atoms with E-state index in [0.717, 1.165) is 21.6 Å². The van der Waals surface area contributed by atoms with Crippen LogP contribution in [0.4, 0.5) is 0 Å². The Balaban J connectivity index is 2.04. The van der Waals surface area contributed by atoms with Crippen molar-refractivity contribution in [1.82, 2.24) is 42.1 Å². The van der Waals surface area contributed by atoms with Gasteiger partial charge in [0.2, 0.25) is 65.0 Å². The van der Waals surface area contributed by atoms with E-state index in [0.29, 0.717) is 18.4 Å². The third-order valence-corrected chi connectivity index (χ3v) is 13.4. The average Bonchev–Trinajstić information content (AvgIpc) is 3.76. The minimum atomic E-state index is -1.79. The van der Waals surface area contributed by atoms with E-state index in [2.05, 4.69) is 37.2 Å². The Morgan fingerprint density at radius 1 is 0.761 bits per heavy atom. The van der Waals surface area contributed by atoms with Crippen LogP contribution in [-0.4, -0.2) is 148 Å². The fourth-order valence-corrected chi connectivity index (χ4v) is 9.28. The molecule has 1 aromatic rings. The van der Waals surface area contributed by atoms with Crippen LogP contribution < -0.4 is 60.2 Å². The number of hydrogen-bond acceptors (Lipinski definition) is 15. The van der Waals surface area contributed by atoms with Gasteiger partial charge in [0.1, 0.15) is 48.0 Å². The van der Waals surface area contributed by atoms with E-state index in [-0.39, 0.29) is 36.6 Å². The van der Waals surface area contributed by atoms with E-state index < -0.39 is 145 Å². The van der Waals surface area contributed by atoms with Crippen LogP contribution in [0.2, 0.25) is 0 Å². The number of primary amides is 3. The Bertz CT molecular complexity index is 2010. The Labute approximate surface area is 394 Å². The molecule has 2 aliphatic heterocycles. The van der Waals surface area contributed by atoms with Gasteiger partial charge in [-0.1, -0.05) is 67.8 Å². The molecule has 0 radical (unpaired) electrons. The van der Waals surface area contributed by atoms with E-state index in [1.165, 1.54) is 29.2 Å². The van der Waals surface area contributed by atoms with Crippen LogP contribution in [0.15, 0.2) is 24.3 Å². The largest absolute Gasteiger partial charge is 0.508 e. The number of amides is 11. The zero-order valence-electron chi connectivity index (χ0n) is 37.7. The first-order valence-corrected chi connectivity index (χ1v) is 24.0. The van der Waals surface area contributed by atoms with E-state index in [4.69, 9.17) is 22.9 Å². The van der Waals surface area contributed by atoms with Crippen molar-refractivity contribution >= 4 is 86.6 Å². The summed E-state index contributed by atoms with van der Waals surface area (Å²) in [5.41, 5.74) is 22.9. The molecule has 1 aromatic carbocycles. The minimum Gasteiger partial charge on any atom is -0.508 e. The summed E-state index contributed by atoms with van der Waals surface area (Å²) >= 11 is 0. The molecule has 16 N–H and O–H groups in total. The van der Waals surface area contributed by atoms with E-state index in [1.54, 1.807) is 27.7 Å². The van der Waals surface area contributed by atoms with Crippen molar-refractivity contribution in [2.75, 3.05) is 24.6 Å². The molecule has 3 rings (SSSR count). The number of rotatable bonds is 15. The van der Waals surface area contributed by atoms with Crippen molar-refractivity contribution in [3.05, 3.63) is 29.8 Å². The highest BCUT2D eigenvalue weighted by atomic mass is 33.1. The predicted molar refractivity (Wildman–Crippen MR) is 245 cm³/mol. The Hall–Kier alpha value is -6.15. The highest BCUT2D eigenvalue weighted by Crippen LogP contribution is 2.26. The van der Waals surface area contributed by atoms with Gasteiger partial charge in [-0.2, -0.15) is 0 Å². The molecule has 0 saturated carbocycles. The first-order chi connectivity index (χ1) is 31.5. The summed E-state index contributed by atoms with van der Waals surface area (Å²) < 4.78 is 0. The molecule has 2 fully saturated rings. The molecule has 370 valence electrons. The SMILES string of the molecule is CC[C@H](C)[C@@H]1NC(=O)[C@H](Cc2ccc(O)cc2)NC(=O)[C@@H](N)CSSC[C@@H](C(=O)N2CCC[C@H]2C(=O)N[C@H](C(=O)NCC(N)=O)C(C)C)NC(=O)[C@H](CC(N)=O)NC(=O)C(CC(N)=O)NC1=O. The predicted octanol–water partition coefficient (Wildman–Crippen LogP) is -4.39. The van der Waals surface area contributed by atoms with Gasteiger partial charge in [-0.3, -0.25) is 52.7 Å². The summed E-state index contributed by atoms with van der Waals surface area (Å²) in [6.45, 7) is 6.22. The third kappa shape index (κ3) is 17.2. The van der Waals surface area contributed by atoms with E-state index in [1.807, 2.05) is 0 Å². The number of hydrogen-bond donors (Lipinski definition) is 12. The Kier molecular flexibility index (Phi) is 21.6. The molecule has 2 saturated heterocycles. The number of benzene rings is 1. The number of aromatic hydroxyl groups is 1. The lowest BCUT2D eigenvalue weighted by Gasteiger charge is -2.31. The van der Waals surface area contributed by atoms with E-state index in [9.17, 15) is 57.8 Å². The number of nitrogens with zero attached hydrogens (tertiary/aromatic N) is 1. The molecule has 0 aliphatic carbocycles. The maximum Gasteiger partial charge on any atom is 0.246 e. The second kappa shape index (κ2) is 26.3. The fourth-order valence-electron chi connectivity index (χ4n) is 7.00. The molecule has 9 atom stereocenters. The molecule has 24 nitrogen and oxygen atoms in total. The number of phenolic OH excluding ortho intramolecular Hbond substituents is 1. The number of phenols is 1. The zero-order valence-corrected chi connectivity index (χ0v) is 39.3. The summed E-state index contributed by atoms with van der Waals surface area (Å²) in [5.74, 6) is -11.3. The first-order valence-electron chi connectivity index (χ1n) is 21.6. The lowest BCUT2D eigenvalue weighted by atomic mass is 9.96. The summed E-state index contributed by atoms with van der Waals surface area (Å²) in [6.07, 6.45) is -0.924. The highest BCUT2D eigenvalue weighted by molar-refractivity contribution is 8.76. The van der Waals surface area contributed by atoms with Crippen molar-refractivity contribution in [3.8, 4) is 5.75 Å². The maximum absolute atomic E-state index is 14.4. The summed E-state index contributed by atoms with van der Waals surface area (Å²) in [4.78, 5) is 147. The quantitative estimate of drug-likeness (QED) is 0.0739. The Morgan fingerprint density at radius 3 is 1.88 bits per heavy atom. The van der Waals surface area contributed by atoms with Gasteiger partial charge in [0, 0.05) is 24.5 Å². The van der Waals surface area contributed by atoms with Crippen LogP contribution in [0.1, 0.15) is 65.4 Å². The molecule has 11 amide bonds. The topological polar surface area (TPSA) is 400 Å². The molecule has 67 heavy (non-hydrogen) atoms. The van der Waals surface area contributed by atoms with Crippen LogP contribution in [0.25, 0.3) is 0 Å². The maximum atomic E-state index is 14.4. The monoisotopic (exact) mass is 978 g/mol. The molecule has 1 unspecified atom stereocenters. The highest BCUT2D eigenvalue weighted by Gasteiger charge is 2.41. The lowest BCUT2D eigenvalue weighted by molar-refractivity contribution is -0.142. The smallest absolute Gasteiger partial charge is 0.246 e. The minimum absolute atomic E-state index is 0.0405. The average molecular weight is 979 g/mol. The van der Waals surface area contributed by atoms with E-state index >= 15 is 0 Å². The van der Waals surface area contributed by atoms with Crippen molar-refractivity contribution in [3.63, 3.8) is 0 Å².